The highest BCUT2D eigenvalue weighted by Gasteiger charge is 2.02. The minimum atomic E-state index is -0.437. The average molecular weight is 271 g/mol. The SMILES string of the molecule is CCOc1ccc(OCc2cccc(C(N)=O)c2)cc1. The summed E-state index contributed by atoms with van der Waals surface area (Å²) in [4.78, 5) is 11.1. The molecule has 0 aliphatic heterocycles. The Balaban J connectivity index is 1.97. The lowest BCUT2D eigenvalue weighted by Crippen LogP contribution is -2.11. The van der Waals surface area contributed by atoms with E-state index in [-0.39, 0.29) is 0 Å². The number of hydrogen-bond donors (Lipinski definition) is 1. The molecule has 4 nitrogen and oxygen atoms in total. The Morgan fingerprint density at radius 3 is 2.30 bits per heavy atom. The van der Waals surface area contributed by atoms with Crippen molar-refractivity contribution in [2.45, 2.75) is 13.5 Å². The molecule has 0 atom stereocenters. The summed E-state index contributed by atoms with van der Waals surface area (Å²) in [5.74, 6) is 1.13. The van der Waals surface area contributed by atoms with Gasteiger partial charge in [-0.3, -0.25) is 4.79 Å². The second-order valence-electron chi connectivity index (χ2n) is 4.26. The number of carbonyl (C=O) groups is 1. The third-order valence-electron chi connectivity index (χ3n) is 2.75. The fourth-order valence-corrected chi connectivity index (χ4v) is 1.78. The van der Waals surface area contributed by atoms with Gasteiger partial charge in [-0.2, -0.15) is 0 Å². The van der Waals surface area contributed by atoms with E-state index < -0.39 is 5.91 Å². The van der Waals surface area contributed by atoms with Gasteiger partial charge < -0.3 is 15.2 Å². The van der Waals surface area contributed by atoms with Gasteiger partial charge in [0.15, 0.2) is 0 Å². The highest BCUT2D eigenvalue weighted by atomic mass is 16.5. The first-order chi connectivity index (χ1) is 9.69. The Morgan fingerprint density at radius 2 is 1.70 bits per heavy atom. The van der Waals surface area contributed by atoms with Crippen LogP contribution in [0, 0.1) is 0 Å². The summed E-state index contributed by atoms with van der Waals surface area (Å²) in [7, 11) is 0. The Kier molecular flexibility index (Phi) is 4.60. The van der Waals surface area contributed by atoms with Crippen molar-refractivity contribution in [3.05, 3.63) is 59.7 Å². The second-order valence-corrected chi connectivity index (χ2v) is 4.26. The van der Waals surface area contributed by atoms with E-state index in [2.05, 4.69) is 0 Å². The lowest BCUT2D eigenvalue weighted by Gasteiger charge is -2.08. The van der Waals surface area contributed by atoms with E-state index in [1.807, 2.05) is 37.3 Å². The minimum absolute atomic E-state index is 0.384. The van der Waals surface area contributed by atoms with Gasteiger partial charge in [0.25, 0.3) is 0 Å². The first-order valence-electron chi connectivity index (χ1n) is 6.43. The molecule has 0 unspecified atom stereocenters. The van der Waals surface area contributed by atoms with E-state index in [4.69, 9.17) is 15.2 Å². The summed E-state index contributed by atoms with van der Waals surface area (Å²) < 4.78 is 11.0. The van der Waals surface area contributed by atoms with Gasteiger partial charge in [0, 0.05) is 5.56 Å². The van der Waals surface area contributed by atoms with Gasteiger partial charge in [-0.15, -0.1) is 0 Å². The van der Waals surface area contributed by atoms with E-state index in [0.717, 1.165) is 17.1 Å². The van der Waals surface area contributed by atoms with Crippen LogP contribution in [0.5, 0.6) is 11.5 Å². The molecule has 2 rings (SSSR count). The van der Waals surface area contributed by atoms with E-state index in [9.17, 15) is 4.79 Å². The molecule has 0 aromatic heterocycles. The fraction of sp³-hybridized carbons (Fsp3) is 0.188. The van der Waals surface area contributed by atoms with Crippen molar-refractivity contribution < 1.29 is 14.3 Å². The molecule has 2 aromatic rings. The minimum Gasteiger partial charge on any atom is -0.494 e. The Hall–Kier alpha value is -2.49. The molecular weight excluding hydrogens is 254 g/mol. The molecule has 0 bridgehead atoms. The molecule has 2 N–H and O–H groups in total. The summed E-state index contributed by atoms with van der Waals surface area (Å²) >= 11 is 0. The smallest absolute Gasteiger partial charge is 0.248 e. The van der Waals surface area contributed by atoms with Crippen LogP contribution in [-0.4, -0.2) is 12.5 Å². The predicted octanol–water partition coefficient (Wildman–Crippen LogP) is 2.76. The Bertz CT molecular complexity index is 579. The van der Waals surface area contributed by atoms with Crippen LogP contribution >= 0.6 is 0 Å². The molecule has 2 aromatic carbocycles. The molecule has 0 saturated carbocycles. The number of carbonyl (C=O) groups excluding carboxylic acids is 1. The number of rotatable bonds is 6. The van der Waals surface area contributed by atoms with E-state index >= 15 is 0 Å². The molecule has 20 heavy (non-hydrogen) atoms. The molecule has 0 spiro atoms. The summed E-state index contributed by atoms with van der Waals surface area (Å²) in [6.07, 6.45) is 0. The molecule has 104 valence electrons. The van der Waals surface area contributed by atoms with Crippen LogP contribution in [0.1, 0.15) is 22.8 Å². The van der Waals surface area contributed by atoms with Gasteiger partial charge in [0.2, 0.25) is 5.91 Å². The zero-order chi connectivity index (χ0) is 14.4. The topological polar surface area (TPSA) is 61.6 Å². The lowest BCUT2D eigenvalue weighted by molar-refractivity contribution is 0.1000. The van der Waals surface area contributed by atoms with E-state index in [1.165, 1.54) is 0 Å². The highest BCUT2D eigenvalue weighted by molar-refractivity contribution is 5.92. The first kappa shape index (κ1) is 13.9. The van der Waals surface area contributed by atoms with Crippen LogP contribution in [0.25, 0.3) is 0 Å². The van der Waals surface area contributed by atoms with Gasteiger partial charge >= 0.3 is 0 Å². The largest absolute Gasteiger partial charge is 0.494 e. The van der Waals surface area contributed by atoms with Crippen LogP contribution in [0.15, 0.2) is 48.5 Å². The zero-order valence-corrected chi connectivity index (χ0v) is 11.3. The van der Waals surface area contributed by atoms with Gasteiger partial charge in [-0.1, -0.05) is 12.1 Å². The van der Waals surface area contributed by atoms with E-state index in [1.54, 1.807) is 18.2 Å². The molecule has 0 saturated heterocycles. The number of primary amides is 1. The quantitative estimate of drug-likeness (QED) is 0.878. The maximum absolute atomic E-state index is 11.1. The van der Waals surface area contributed by atoms with Crippen molar-refractivity contribution in [1.29, 1.82) is 0 Å². The second kappa shape index (κ2) is 6.61. The molecule has 0 radical (unpaired) electrons. The van der Waals surface area contributed by atoms with Crippen LogP contribution < -0.4 is 15.2 Å². The third kappa shape index (κ3) is 3.75. The fourth-order valence-electron chi connectivity index (χ4n) is 1.78. The van der Waals surface area contributed by atoms with Crippen molar-refractivity contribution >= 4 is 5.91 Å². The van der Waals surface area contributed by atoms with Gasteiger partial charge in [0.05, 0.1) is 6.61 Å². The van der Waals surface area contributed by atoms with Gasteiger partial charge in [-0.05, 0) is 48.9 Å². The van der Waals surface area contributed by atoms with Crippen LogP contribution in [0.4, 0.5) is 0 Å². The Morgan fingerprint density at radius 1 is 1.05 bits per heavy atom. The van der Waals surface area contributed by atoms with Gasteiger partial charge in [-0.25, -0.2) is 0 Å². The summed E-state index contributed by atoms with van der Waals surface area (Å²) in [6.45, 7) is 2.96. The monoisotopic (exact) mass is 271 g/mol. The van der Waals surface area contributed by atoms with Crippen molar-refractivity contribution in [1.82, 2.24) is 0 Å². The number of hydrogen-bond acceptors (Lipinski definition) is 3. The van der Waals surface area contributed by atoms with Crippen LogP contribution in [-0.2, 0) is 6.61 Å². The maximum Gasteiger partial charge on any atom is 0.248 e. The molecule has 1 amide bonds. The lowest BCUT2D eigenvalue weighted by atomic mass is 10.1. The van der Waals surface area contributed by atoms with Crippen molar-refractivity contribution in [3.8, 4) is 11.5 Å². The summed E-state index contributed by atoms with van der Waals surface area (Å²) in [5, 5.41) is 0. The van der Waals surface area contributed by atoms with Crippen LogP contribution in [0.3, 0.4) is 0 Å². The highest BCUT2D eigenvalue weighted by Crippen LogP contribution is 2.18. The zero-order valence-electron chi connectivity index (χ0n) is 11.3. The van der Waals surface area contributed by atoms with Crippen molar-refractivity contribution in [3.63, 3.8) is 0 Å². The third-order valence-corrected chi connectivity index (χ3v) is 2.75. The maximum atomic E-state index is 11.1. The number of nitrogens with two attached hydrogens (primary N) is 1. The standard InChI is InChI=1S/C16H17NO3/c1-2-19-14-6-8-15(9-7-14)20-11-12-4-3-5-13(10-12)16(17)18/h3-10H,2,11H2,1H3,(H2,17,18). The molecule has 0 fully saturated rings. The number of amides is 1. The first-order valence-corrected chi connectivity index (χ1v) is 6.43. The molecule has 0 aliphatic carbocycles. The molecule has 0 aliphatic rings. The summed E-state index contributed by atoms with van der Waals surface area (Å²) in [5.41, 5.74) is 6.62. The average Bonchev–Trinajstić information content (AvgIpc) is 2.47. The van der Waals surface area contributed by atoms with Crippen molar-refractivity contribution in [2.24, 2.45) is 5.73 Å². The van der Waals surface area contributed by atoms with Crippen LogP contribution in [0.2, 0.25) is 0 Å². The van der Waals surface area contributed by atoms with E-state index in [0.29, 0.717) is 18.8 Å². The number of benzene rings is 2. The van der Waals surface area contributed by atoms with Gasteiger partial charge in [0.1, 0.15) is 18.1 Å². The number of ether oxygens (including phenoxy) is 2. The normalized spacial score (nSPS) is 10.1. The predicted molar refractivity (Wildman–Crippen MR) is 76.9 cm³/mol. The Labute approximate surface area is 118 Å². The van der Waals surface area contributed by atoms with Crippen molar-refractivity contribution in [2.75, 3.05) is 6.61 Å². The molecule has 0 heterocycles. The molecular formula is C16H17NO3. The molecule has 4 heteroatoms. The summed E-state index contributed by atoms with van der Waals surface area (Å²) in [6, 6.07) is 14.5.